The molecule has 0 N–H and O–H groups in total. The Bertz CT molecular complexity index is 811. The van der Waals surface area contributed by atoms with Crippen molar-refractivity contribution < 1.29 is 0 Å². The molecular weight excluding hydrogens is 264 g/mol. The summed E-state index contributed by atoms with van der Waals surface area (Å²) in [5.41, 5.74) is 4.27. The minimum absolute atomic E-state index is 1.01. The van der Waals surface area contributed by atoms with Crippen LogP contribution in [0.2, 0.25) is 0 Å². The van der Waals surface area contributed by atoms with Crippen molar-refractivity contribution in [3.8, 4) is 23.7 Å². The maximum atomic E-state index is 3.24. The van der Waals surface area contributed by atoms with Gasteiger partial charge in [-0.25, -0.2) is 0 Å². The summed E-state index contributed by atoms with van der Waals surface area (Å²) in [6.45, 7) is 0. The molecule has 0 fully saturated rings. The lowest BCUT2D eigenvalue weighted by Gasteiger charge is -1.99. The summed E-state index contributed by atoms with van der Waals surface area (Å²) in [6, 6.07) is 18.1. The Morgan fingerprint density at radius 1 is 0.636 bits per heavy atom. The summed E-state index contributed by atoms with van der Waals surface area (Å²) < 4.78 is 0. The zero-order valence-corrected chi connectivity index (χ0v) is 12.3. The molecule has 0 heterocycles. The van der Waals surface area contributed by atoms with Gasteiger partial charge in [-0.15, -0.1) is 0 Å². The lowest BCUT2D eigenvalue weighted by Crippen LogP contribution is -1.83. The highest BCUT2D eigenvalue weighted by atomic mass is 14.0. The Kier molecular flexibility index (Phi) is 4.56. The summed E-state index contributed by atoms with van der Waals surface area (Å²) in [7, 11) is 0. The average Bonchev–Trinajstić information content (AvgIpc) is 2.61. The average molecular weight is 280 g/mol. The summed E-state index contributed by atoms with van der Waals surface area (Å²) in [6.07, 6.45) is 8.48. The van der Waals surface area contributed by atoms with Gasteiger partial charge in [0.05, 0.1) is 0 Å². The molecule has 1 aliphatic carbocycles. The number of hydrogen-bond acceptors (Lipinski definition) is 0. The lowest BCUT2D eigenvalue weighted by molar-refractivity contribution is 1.000. The van der Waals surface area contributed by atoms with Gasteiger partial charge in [0.15, 0.2) is 0 Å². The van der Waals surface area contributed by atoms with E-state index in [1.807, 2.05) is 54.6 Å². The largest absolute Gasteiger partial charge is 0.0842 e. The standard InChI is InChI=1S/C22H16/c1-3-7-19(8-4-1)11-13-21-15-17-22(18-16-21)14-12-20-9-5-2-6-10-20/h1-5,7-9,15-18H,6,10H2. The van der Waals surface area contributed by atoms with Gasteiger partial charge in [0.25, 0.3) is 0 Å². The van der Waals surface area contributed by atoms with Crippen LogP contribution in [0.25, 0.3) is 0 Å². The quantitative estimate of drug-likeness (QED) is 0.613. The molecule has 0 saturated heterocycles. The van der Waals surface area contributed by atoms with Gasteiger partial charge in [-0.1, -0.05) is 60.1 Å². The van der Waals surface area contributed by atoms with E-state index in [4.69, 9.17) is 0 Å². The molecule has 104 valence electrons. The minimum Gasteiger partial charge on any atom is -0.0842 e. The van der Waals surface area contributed by atoms with Crippen LogP contribution in [-0.2, 0) is 0 Å². The first kappa shape index (κ1) is 14.0. The van der Waals surface area contributed by atoms with Gasteiger partial charge in [0.2, 0.25) is 0 Å². The van der Waals surface area contributed by atoms with E-state index in [2.05, 4.69) is 41.9 Å². The molecule has 0 aromatic heterocycles. The van der Waals surface area contributed by atoms with E-state index < -0.39 is 0 Å². The molecule has 0 aliphatic heterocycles. The molecule has 0 bridgehead atoms. The van der Waals surface area contributed by atoms with E-state index in [0.29, 0.717) is 0 Å². The van der Waals surface area contributed by atoms with Gasteiger partial charge < -0.3 is 0 Å². The van der Waals surface area contributed by atoms with E-state index >= 15 is 0 Å². The number of rotatable bonds is 0. The van der Waals surface area contributed by atoms with Gasteiger partial charge in [-0.05, 0) is 49.2 Å². The van der Waals surface area contributed by atoms with Crippen LogP contribution in [0.3, 0.4) is 0 Å². The molecular formula is C22H16. The highest BCUT2D eigenvalue weighted by Crippen LogP contribution is 2.10. The maximum Gasteiger partial charge on any atom is 0.0249 e. The van der Waals surface area contributed by atoms with Crippen molar-refractivity contribution >= 4 is 0 Å². The molecule has 0 atom stereocenters. The fourth-order valence-electron chi connectivity index (χ4n) is 2.16. The van der Waals surface area contributed by atoms with Crippen molar-refractivity contribution in [3.63, 3.8) is 0 Å². The van der Waals surface area contributed by atoms with Crippen LogP contribution in [0.15, 0.2) is 78.4 Å². The monoisotopic (exact) mass is 280 g/mol. The molecule has 22 heavy (non-hydrogen) atoms. The number of benzene rings is 2. The van der Waals surface area contributed by atoms with Gasteiger partial charge in [-0.2, -0.15) is 0 Å². The van der Waals surface area contributed by atoms with Crippen molar-refractivity contribution in [2.75, 3.05) is 0 Å². The summed E-state index contributed by atoms with van der Waals surface area (Å²) in [5.74, 6) is 12.8. The Hall–Kier alpha value is -2.96. The van der Waals surface area contributed by atoms with E-state index in [9.17, 15) is 0 Å². The molecule has 0 unspecified atom stereocenters. The Balaban J connectivity index is 1.71. The highest BCUT2D eigenvalue weighted by molar-refractivity contribution is 5.47. The van der Waals surface area contributed by atoms with E-state index in [-0.39, 0.29) is 0 Å². The topological polar surface area (TPSA) is 0 Å². The van der Waals surface area contributed by atoms with Crippen LogP contribution in [0, 0.1) is 23.7 Å². The SMILES string of the molecule is C(#Cc1ccc(C#Cc2ccccc2)cc1)C1=CC=CCC1. The number of hydrogen-bond donors (Lipinski definition) is 0. The molecule has 0 nitrogen and oxygen atoms in total. The fraction of sp³-hybridized carbons (Fsp3) is 0.0909. The van der Waals surface area contributed by atoms with Gasteiger partial charge in [0.1, 0.15) is 0 Å². The van der Waals surface area contributed by atoms with Crippen LogP contribution < -0.4 is 0 Å². The van der Waals surface area contributed by atoms with Crippen LogP contribution in [0.1, 0.15) is 29.5 Å². The number of allylic oxidation sites excluding steroid dienone is 4. The molecule has 0 spiro atoms. The van der Waals surface area contributed by atoms with Crippen LogP contribution in [0.5, 0.6) is 0 Å². The van der Waals surface area contributed by atoms with Gasteiger partial charge >= 0.3 is 0 Å². The molecule has 0 radical (unpaired) electrons. The van der Waals surface area contributed by atoms with E-state index in [0.717, 1.165) is 29.5 Å². The predicted molar refractivity (Wildman–Crippen MR) is 92.2 cm³/mol. The molecule has 3 rings (SSSR count). The van der Waals surface area contributed by atoms with Crippen LogP contribution >= 0.6 is 0 Å². The Morgan fingerprint density at radius 2 is 1.23 bits per heavy atom. The summed E-state index contributed by atoms with van der Waals surface area (Å²) in [5, 5.41) is 0. The van der Waals surface area contributed by atoms with E-state index in [1.165, 1.54) is 5.57 Å². The van der Waals surface area contributed by atoms with Gasteiger partial charge in [0, 0.05) is 22.3 Å². The summed E-state index contributed by atoms with van der Waals surface area (Å²) >= 11 is 0. The molecule has 2 aromatic carbocycles. The van der Waals surface area contributed by atoms with Crippen molar-refractivity contribution in [1.82, 2.24) is 0 Å². The third-order valence-corrected chi connectivity index (χ3v) is 3.39. The van der Waals surface area contributed by atoms with Gasteiger partial charge in [-0.3, -0.25) is 0 Å². The molecule has 1 aliphatic rings. The smallest absolute Gasteiger partial charge is 0.0249 e. The Labute approximate surface area is 132 Å². The zero-order chi connectivity index (χ0) is 15.0. The molecule has 0 amide bonds. The van der Waals surface area contributed by atoms with E-state index in [1.54, 1.807) is 0 Å². The van der Waals surface area contributed by atoms with Crippen molar-refractivity contribution in [2.24, 2.45) is 0 Å². The van der Waals surface area contributed by atoms with Crippen LogP contribution in [-0.4, -0.2) is 0 Å². The first-order valence-corrected chi connectivity index (χ1v) is 7.45. The first-order valence-electron chi connectivity index (χ1n) is 7.45. The maximum absolute atomic E-state index is 3.24. The highest BCUT2D eigenvalue weighted by Gasteiger charge is 1.94. The lowest BCUT2D eigenvalue weighted by atomic mass is 10.0. The third-order valence-electron chi connectivity index (χ3n) is 3.39. The Morgan fingerprint density at radius 3 is 1.82 bits per heavy atom. The minimum atomic E-state index is 1.01. The summed E-state index contributed by atoms with van der Waals surface area (Å²) in [4.78, 5) is 0. The second kappa shape index (κ2) is 7.16. The fourth-order valence-corrected chi connectivity index (χ4v) is 2.16. The third kappa shape index (κ3) is 4.02. The van der Waals surface area contributed by atoms with Crippen LogP contribution in [0.4, 0.5) is 0 Å². The zero-order valence-electron chi connectivity index (χ0n) is 12.3. The van der Waals surface area contributed by atoms with Crippen molar-refractivity contribution in [2.45, 2.75) is 12.8 Å². The molecule has 0 saturated carbocycles. The second-order valence-corrected chi connectivity index (χ2v) is 5.10. The first-order chi connectivity index (χ1) is 10.9. The van der Waals surface area contributed by atoms with Crippen molar-refractivity contribution in [3.05, 3.63) is 95.1 Å². The van der Waals surface area contributed by atoms with Crippen molar-refractivity contribution in [1.29, 1.82) is 0 Å². The molecule has 2 aromatic rings. The molecule has 0 heteroatoms. The predicted octanol–water partition coefficient (Wildman–Crippen LogP) is 4.71. The normalized spacial score (nSPS) is 12.5. The second-order valence-electron chi connectivity index (χ2n) is 5.10.